The zero-order valence-corrected chi connectivity index (χ0v) is 14.0. The topological polar surface area (TPSA) is 70.2 Å². The van der Waals surface area contributed by atoms with Crippen molar-refractivity contribution in [3.8, 4) is 0 Å². The van der Waals surface area contributed by atoms with Crippen LogP contribution in [0.2, 0.25) is 5.02 Å². The van der Waals surface area contributed by atoms with Crippen molar-refractivity contribution in [1.29, 1.82) is 0 Å². The molecule has 0 aliphatic heterocycles. The van der Waals surface area contributed by atoms with Crippen molar-refractivity contribution in [3.05, 3.63) is 52.8 Å². The van der Waals surface area contributed by atoms with E-state index in [1.165, 1.54) is 25.1 Å². The third kappa shape index (κ3) is 4.96. The molecule has 126 valence electrons. The van der Waals surface area contributed by atoms with Crippen LogP contribution in [-0.2, 0) is 9.59 Å². The highest BCUT2D eigenvalue weighted by Crippen LogP contribution is 2.23. The molecule has 0 saturated carbocycles. The fourth-order valence-corrected chi connectivity index (χ4v) is 2.30. The summed E-state index contributed by atoms with van der Waals surface area (Å²) in [4.78, 5) is 23.0. The molecule has 7 heteroatoms. The van der Waals surface area contributed by atoms with E-state index in [4.69, 9.17) is 11.6 Å². The molecule has 0 heterocycles. The Morgan fingerprint density at radius 3 is 2.50 bits per heavy atom. The second kappa shape index (κ2) is 7.79. The summed E-state index contributed by atoms with van der Waals surface area (Å²) in [5.41, 5.74) is 2.07. The molecule has 0 aliphatic carbocycles. The summed E-state index contributed by atoms with van der Waals surface area (Å²) in [6.07, 6.45) is 0. The van der Waals surface area contributed by atoms with Crippen molar-refractivity contribution in [2.75, 3.05) is 22.5 Å². The Labute approximate surface area is 144 Å². The number of anilines is 3. The van der Waals surface area contributed by atoms with Gasteiger partial charge >= 0.3 is 0 Å². The van der Waals surface area contributed by atoms with Crippen LogP contribution in [0, 0.1) is 12.7 Å². The second-order valence-corrected chi connectivity index (χ2v) is 5.67. The van der Waals surface area contributed by atoms with E-state index in [1.807, 2.05) is 13.0 Å². The van der Waals surface area contributed by atoms with Crippen molar-refractivity contribution in [3.63, 3.8) is 0 Å². The van der Waals surface area contributed by atoms with Gasteiger partial charge in [0.1, 0.15) is 5.82 Å². The Kier molecular flexibility index (Phi) is 5.76. The highest BCUT2D eigenvalue weighted by atomic mass is 35.5. The number of hydrogen-bond donors (Lipinski definition) is 3. The lowest BCUT2D eigenvalue weighted by atomic mass is 10.2. The average Bonchev–Trinajstić information content (AvgIpc) is 2.50. The van der Waals surface area contributed by atoms with E-state index in [9.17, 15) is 14.0 Å². The standard InChI is InChI=1S/C17H17ClFN3O2/c1-10-3-6-15(13(18)7-10)22-17(24)9-20-12-4-5-14(19)16(8-12)21-11(2)23/h3-8,20H,9H2,1-2H3,(H,21,23)(H,22,24). The lowest BCUT2D eigenvalue weighted by molar-refractivity contribution is -0.115. The molecule has 0 aromatic heterocycles. The van der Waals surface area contributed by atoms with Crippen molar-refractivity contribution >= 4 is 40.5 Å². The van der Waals surface area contributed by atoms with Crippen molar-refractivity contribution < 1.29 is 14.0 Å². The Morgan fingerprint density at radius 1 is 1.08 bits per heavy atom. The van der Waals surface area contributed by atoms with E-state index in [0.29, 0.717) is 16.4 Å². The fraction of sp³-hybridized carbons (Fsp3) is 0.176. The predicted molar refractivity (Wildman–Crippen MR) is 94.0 cm³/mol. The number of carbonyl (C=O) groups excluding carboxylic acids is 2. The van der Waals surface area contributed by atoms with Crippen LogP contribution in [0.25, 0.3) is 0 Å². The zero-order valence-electron chi connectivity index (χ0n) is 13.2. The summed E-state index contributed by atoms with van der Waals surface area (Å²) >= 11 is 6.06. The van der Waals surface area contributed by atoms with Crippen LogP contribution in [0.4, 0.5) is 21.5 Å². The van der Waals surface area contributed by atoms with E-state index in [-0.39, 0.29) is 24.0 Å². The maximum Gasteiger partial charge on any atom is 0.243 e. The lowest BCUT2D eigenvalue weighted by Gasteiger charge is -2.11. The molecule has 2 amide bonds. The first-order valence-corrected chi connectivity index (χ1v) is 7.60. The summed E-state index contributed by atoms with van der Waals surface area (Å²) in [5, 5.41) is 8.39. The first-order valence-electron chi connectivity index (χ1n) is 7.22. The van der Waals surface area contributed by atoms with Gasteiger partial charge in [0.25, 0.3) is 0 Å². The van der Waals surface area contributed by atoms with Gasteiger partial charge in [0.15, 0.2) is 0 Å². The predicted octanol–water partition coefficient (Wildman–Crippen LogP) is 3.80. The van der Waals surface area contributed by atoms with Crippen LogP contribution in [0.1, 0.15) is 12.5 Å². The minimum absolute atomic E-state index is 0.0324. The molecule has 3 N–H and O–H groups in total. The third-order valence-corrected chi connectivity index (χ3v) is 3.44. The Morgan fingerprint density at radius 2 is 1.83 bits per heavy atom. The number of carbonyl (C=O) groups is 2. The van der Waals surface area contributed by atoms with Crippen LogP contribution in [0.5, 0.6) is 0 Å². The fourth-order valence-electron chi connectivity index (χ4n) is 2.02. The van der Waals surface area contributed by atoms with E-state index < -0.39 is 5.82 Å². The molecule has 0 bridgehead atoms. The first-order chi connectivity index (χ1) is 11.3. The van der Waals surface area contributed by atoms with Gasteiger partial charge in [-0.15, -0.1) is 0 Å². The van der Waals surface area contributed by atoms with Gasteiger partial charge in [-0.3, -0.25) is 9.59 Å². The highest BCUT2D eigenvalue weighted by Gasteiger charge is 2.08. The Balaban J connectivity index is 1.97. The van der Waals surface area contributed by atoms with Gasteiger partial charge in [0, 0.05) is 12.6 Å². The molecule has 0 fully saturated rings. The number of rotatable bonds is 5. The monoisotopic (exact) mass is 349 g/mol. The second-order valence-electron chi connectivity index (χ2n) is 5.26. The third-order valence-electron chi connectivity index (χ3n) is 3.13. The van der Waals surface area contributed by atoms with E-state index >= 15 is 0 Å². The maximum absolute atomic E-state index is 13.6. The van der Waals surface area contributed by atoms with Crippen molar-refractivity contribution in [2.45, 2.75) is 13.8 Å². The summed E-state index contributed by atoms with van der Waals surface area (Å²) in [5.74, 6) is -1.23. The molecule has 2 rings (SSSR count). The molecule has 5 nitrogen and oxygen atoms in total. The highest BCUT2D eigenvalue weighted by molar-refractivity contribution is 6.33. The summed E-state index contributed by atoms with van der Waals surface area (Å²) in [6, 6.07) is 9.43. The summed E-state index contributed by atoms with van der Waals surface area (Å²) < 4.78 is 13.6. The summed E-state index contributed by atoms with van der Waals surface area (Å²) in [6.45, 7) is 3.16. The largest absolute Gasteiger partial charge is 0.376 e. The minimum Gasteiger partial charge on any atom is -0.376 e. The molecule has 0 spiro atoms. The van der Waals surface area contributed by atoms with Gasteiger partial charge in [-0.25, -0.2) is 4.39 Å². The van der Waals surface area contributed by atoms with Gasteiger partial charge in [-0.2, -0.15) is 0 Å². The summed E-state index contributed by atoms with van der Waals surface area (Å²) in [7, 11) is 0. The first kappa shape index (κ1) is 17.7. The molecule has 2 aromatic carbocycles. The number of benzene rings is 2. The smallest absolute Gasteiger partial charge is 0.243 e. The maximum atomic E-state index is 13.6. The minimum atomic E-state index is -0.549. The number of amides is 2. The number of aryl methyl sites for hydroxylation is 1. The normalized spacial score (nSPS) is 10.2. The Hall–Kier alpha value is -2.60. The van der Waals surface area contributed by atoms with E-state index in [0.717, 1.165) is 5.56 Å². The van der Waals surface area contributed by atoms with E-state index in [2.05, 4.69) is 16.0 Å². The molecular weight excluding hydrogens is 333 g/mol. The molecule has 0 unspecified atom stereocenters. The number of nitrogens with one attached hydrogen (secondary N) is 3. The molecule has 0 saturated heterocycles. The van der Waals surface area contributed by atoms with E-state index in [1.54, 1.807) is 12.1 Å². The number of halogens is 2. The van der Waals surface area contributed by atoms with Gasteiger partial charge < -0.3 is 16.0 Å². The van der Waals surface area contributed by atoms with Crippen molar-refractivity contribution in [1.82, 2.24) is 0 Å². The van der Waals surface area contributed by atoms with Gasteiger partial charge in [0.2, 0.25) is 11.8 Å². The average molecular weight is 350 g/mol. The van der Waals surface area contributed by atoms with Crippen molar-refractivity contribution in [2.24, 2.45) is 0 Å². The molecule has 0 aliphatic rings. The molecular formula is C17H17ClFN3O2. The Bertz CT molecular complexity index is 780. The molecule has 2 aromatic rings. The van der Waals surface area contributed by atoms with Crippen LogP contribution in [0.15, 0.2) is 36.4 Å². The SMILES string of the molecule is CC(=O)Nc1cc(NCC(=O)Nc2ccc(C)cc2Cl)ccc1F. The molecule has 0 atom stereocenters. The quantitative estimate of drug-likeness (QED) is 0.769. The lowest BCUT2D eigenvalue weighted by Crippen LogP contribution is -2.22. The van der Waals surface area contributed by atoms with Gasteiger partial charge in [-0.1, -0.05) is 17.7 Å². The van der Waals surface area contributed by atoms with Gasteiger partial charge in [0.05, 0.1) is 22.9 Å². The van der Waals surface area contributed by atoms with Gasteiger partial charge in [-0.05, 0) is 42.8 Å². The molecule has 24 heavy (non-hydrogen) atoms. The molecule has 0 radical (unpaired) electrons. The van der Waals surface area contributed by atoms with Crippen LogP contribution in [0.3, 0.4) is 0 Å². The van der Waals surface area contributed by atoms with Crippen LogP contribution < -0.4 is 16.0 Å². The van der Waals surface area contributed by atoms with Crippen LogP contribution in [-0.4, -0.2) is 18.4 Å². The number of hydrogen-bond acceptors (Lipinski definition) is 3. The van der Waals surface area contributed by atoms with Crippen LogP contribution >= 0.6 is 11.6 Å². The zero-order chi connectivity index (χ0) is 17.7.